The quantitative estimate of drug-likeness (QED) is 0.859. The summed E-state index contributed by atoms with van der Waals surface area (Å²) in [6.07, 6.45) is 0.779. The molecular formula is C20H23NO3. The summed E-state index contributed by atoms with van der Waals surface area (Å²) in [4.78, 5) is 15.1. The Kier molecular flexibility index (Phi) is 5.28. The average molecular weight is 325 g/mol. The molecule has 2 unspecified atom stereocenters. The van der Waals surface area contributed by atoms with E-state index in [0.29, 0.717) is 18.4 Å². The number of benzene rings is 2. The Bertz CT molecular complexity index is 669. The van der Waals surface area contributed by atoms with E-state index in [4.69, 9.17) is 4.74 Å². The molecule has 2 atom stereocenters. The van der Waals surface area contributed by atoms with Crippen LogP contribution in [0.2, 0.25) is 0 Å². The van der Waals surface area contributed by atoms with Crippen LogP contribution in [0.3, 0.4) is 0 Å². The van der Waals surface area contributed by atoms with Crippen LogP contribution in [-0.4, -0.2) is 41.6 Å². The smallest absolute Gasteiger partial charge is 0.180 e. The fraction of sp³-hybridized carbons (Fsp3) is 0.350. The minimum Gasteiger partial charge on any atom is -0.497 e. The molecule has 4 heteroatoms. The molecule has 1 N–H and O–H groups in total. The van der Waals surface area contributed by atoms with Crippen LogP contribution in [0.25, 0.3) is 0 Å². The second kappa shape index (κ2) is 7.60. The normalized spacial score (nSPS) is 21.4. The van der Waals surface area contributed by atoms with Crippen LogP contribution in [-0.2, 0) is 6.54 Å². The van der Waals surface area contributed by atoms with E-state index in [0.717, 1.165) is 18.8 Å². The lowest BCUT2D eigenvalue weighted by Gasteiger charge is -2.37. The van der Waals surface area contributed by atoms with E-state index < -0.39 is 6.10 Å². The number of nitrogens with zero attached hydrogens (tertiary/aromatic N) is 1. The second-order valence-electron chi connectivity index (χ2n) is 6.24. The Morgan fingerprint density at radius 2 is 1.88 bits per heavy atom. The summed E-state index contributed by atoms with van der Waals surface area (Å²) in [5, 5.41) is 10.0. The maximum Gasteiger partial charge on any atom is 0.180 e. The van der Waals surface area contributed by atoms with Crippen molar-refractivity contribution < 1.29 is 14.6 Å². The number of carbonyl (C=O) groups excluding carboxylic acids is 1. The number of ketones is 1. The average Bonchev–Trinajstić information content (AvgIpc) is 2.63. The maximum absolute atomic E-state index is 13.0. The molecule has 4 nitrogen and oxygen atoms in total. The van der Waals surface area contributed by atoms with E-state index in [9.17, 15) is 9.90 Å². The van der Waals surface area contributed by atoms with Crippen molar-refractivity contribution in [2.75, 3.05) is 13.7 Å². The summed E-state index contributed by atoms with van der Waals surface area (Å²) < 4.78 is 5.15. The number of aliphatic hydroxyl groups excluding tert-OH is 1. The largest absolute Gasteiger partial charge is 0.497 e. The third-order valence-electron chi connectivity index (χ3n) is 4.59. The highest BCUT2D eigenvalue weighted by atomic mass is 16.5. The molecule has 126 valence electrons. The monoisotopic (exact) mass is 325 g/mol. The van der Waals surface area contributed by atoms with Crippen LogP contribution in [0.4, 0.5) is 0 Å². The number of methoxy groups -OCH3 is 1. The fourth-order valence-corrected chi connectivity index (χ4v) is 3.22. The standard InChI is InChI=1S/C20H23NO3/c1-24-18-9-7-16(8-10-18)20(23)19-13-17(22)11-12-21(19)14-15-5-3-2-4-6-15/h2-10,17,19,22H,11-14H2,1H3. The van der Waals surface area contributed by atoms with Gasteiger partial charge in [0.1, 0.15) is 5.75 Å². The zero-order valence-electron chi connectivity index (χ0n) is 13.9. The van der Waals surface area contributed by atoms with E-state index in [-0.39, 0.29) is 11.8 Å². The Balaban J connectivity index is 1.79. The minimum atomic E-state index is -0.413. The fourth-order valence-electron chi connectivity index (χ4n) is 3.22. The highest BCUT2D eigenvalue weighted by Gasteiger charge is 2.33. The predicted octanol–water partition coefficient (Wildman–Crippen LogP) is 2.90. The van der Waals surface area contributed by atoms with Crippen LogP contribution >= 0.6 is 0 Å². The third kappa shape index (κ3) is 3.83. The molecule has 1 heterocycles. The molecule has 3 rings (SSSR count). The number of hydrogen-bond donors (Lipinski definition) is 1. The Labute approximate surface area is 142 Å². The van der Waals surface area contributed by atoms with Crippen molar-refractivity contribution in [1.82, 2.24) is 4.90 Å². The molecule has 0 amide bonds. The topological polar surface area (TPSA) is 49.8 Å². The van der Waals surface area contributed by atoms with Crippen molar-refractivity contribution in [3.63, 3.8) is 0 Å². The number of hydrogen-bond acceptors (Lipinski definition) is 4. The molecule has 0 aromatic heterocycles. The summed E-state index contributed by atoms with van der Waals surface area (Å²) in [5.41, 5.74) is 1.84. The van der Waals surface area contributed by atoms with Crippen LogP contribution < -0.4 is 4.74 Å². The van der Waals surface area contributed by atoms with Crippen molar-refractivity contribution in [3.05, 3.63) is 65.7 Å². The SMILES string of the molecule is COc1ccc(C(=O)C2CC(O)CCN2Cc2ccccc2)cc1. The maximum atomic E-state index is 13.0. The van der Waals surface area contributed by atoms with Gasteiger partial charge in [-0.15, -0.1) is 0 Å². The molecule has 1 fully saturated rings. The Morgan fingerprint density at radius 3 is 2.54 bits per heavy atom. The van der Waals surface area contributed by atoms with Gasteiger partial charge >= 0.3 is 0 Å². The Morgan fingerprint density at radius 1 is 1.17 bits per heavy atom. The molecule has 0 aliphatic carbocycles. The lowest BCUT2D eigenvalue weighted by molar-refractivity contribution is 0.0332. The summed E-state index contributed by atoms with van der Waals surface area (Å²) in [6, 6.07) is 17.0. The number of carbonyl (C=O) groups is 1. The molecular weight excluding hydrogens is 302 g/mol. The van der Waals surface area contributed by atoms with Gasteiger partial charge < -0.3 is 9.84 Å². The first-order chi connectivity index (χ1) is 11.7. The molecule has 1 saturated heterocycles. The van der Waals surface area contributed by atoms with Gasteiger partial charge in [-0.1, -0.05) is 30.3 Å². The lowest BCUT2D eigenvalue weighted by atomic mass is 9.92. The summed E-state index contributed by atoms with van der Waals surface area (Å²) >= 11 is 0. The van der Waals surface area contributed by atoms with Gasteiger partial charge in [-0.05, 0) is 42.7 Å². The zero-order valence-corrected chi connectivity index (χ0v) is 13.9. The molecule has 0 radical (unpaired) electrons. The van der Waals surface area contributed by atoms with Gasteiger partial charge in [0.05, 0.1) is 19.3 Å². The van der Waals surface area contributed by atoms with E-state index in [2.05, 4.69) is 17.0 Å². The summed E-state index contributed by atoms with van der Waals surface area (Å²) in [6.45, 7) is 1.45. The molecule has 1 aliphatic rings. The van der Waals surface area contributed by atoms with E-state index in [1.165, 1.54) is 5.56 Å². The number of likely N-dealkylation sites (tertiary alicyclic amines) is 1. The molecule has 24 heavy (non-hydrogen) atoms. The van der Waals surface area contributed by atoms with Crippen LogP contribution in [0.5, 0.6) is 5.75 Å². The molecule has 2 aromatic carbocycles. The molecule has 0 saturated carbocycles. The number of aliphatic hydroxyl groups is 1. The van der Waals surface area contributed by atoms with Gasteiger partial charge in [-0.25, -0.2) is 0 Å². The number of rotatable bonds is 5. The van der Waals surface area contributed by atoms with Crippen molar-refractivity contribution in [2.24, 2.45) is 0 Å². The van der Waals surface area contributed by atoms with Crippen molar-refractivity contribution in [1.29, 1.82) is 0 Å². The number of Topliss-reactive ketones (excluding diaryl/α,β-unsaturated/α-hetero) is 1. The summed E-state index contributed by atoms with van der Waals surface area (Å²) in [5.74, 6) is 0.795. The molecule has 0 spiro atoms. The van der Waals surface area contributed by atoms with Gasteiger partial charge in [0, 0.05) is 18.7 Å². The number of piperidine rings is 1. The van der Waals surface area contributed by atoms with E-state index in [1.54, 1.807) is 31.4 Å². The highest BCUT2D eigenvalue weighted by molar-refractivity contribution is 6.00. The van der Waals surface area contributed by atoms with Gasteiger partial charge in [0.25, 0.3) is 0 Å². The van der Waals surface area contributed by atoms with Gasteiger partial charge in [-0.2, -0.15) is 0 Å². The van der Waals surface area contributed by atoms with Crippen molar-refractivity contribution in [2.45, 2.75) is 31.5 Å². The van der Waals surface area contributed by atoms with Gasteiger partial charge in [0.2, 0.25) is 0 Å². The predicted molar refractivity (Wildman–Crippen MR) is 93.2 cm³/mol. The van der Waals surface area contributed by atoms with Crippen molar-refractivity contribution in [3.8, 4) is 5.75 Å². The van der Waals surface area contributed by atoms with E-state index in [1.807, 2.05) is 18.2 Å². The lowest BCUT2D eigenvalue weighted by Crippen LogP contribution is -2.48. The molecule has 0 bridgehead atoms. The van der Waals surface area contributed by atoms with Gasteiger partial charge in [-0.3, -0.25) is 9.69 Å². The highest BCUT2D eigenvalue weighted by Crippen LogP contribution is 2.24. The molecule has 2 aromatic rings. The first-order valence-corrected chi connectivity index (χ1v) is 8.31. The Hall–Kier alpha value is -2.17. The minimum absolute atomic E-state index is 0.0623. The zero-order chi connectivity index (χ0) is 16.9. The van der Waals surface area contributed by atoms with Crippen LogP contribution in [0.15, 0.2) is 54.6 Å². The van der Waals surface area contributed by atoms with E-state index >= 15 is 0 Å². The third-order valence-corrected chi connectivity index (χ3v) is 4.59. The second-order valence-corrected chi connectivity index (χ2v) is 6.24. The molecule has 1 aliphatic heterocycles. The summed E-state index contributed by atoms with van der Waals surface area (Å²) in [7, 11) is 1.61. The van der Waals surface area contributed by atoms with Crippen LogP contribution in [0.1, 0.15) is 28.8 Å². The van der Waals surface area contributed by atoms with Crippen molar-refractivity contribution >= 4 is 5.78 Å². The van der Waals surface area contributed by atoms with Crippen LogP contribution in [0, 0.1) is 0 Å². The first kappa shape index (κ1) is 16.7. The van der Waals surface area contributed by atoms with Gasteiger partial charge in [0.15, 0.2) is 5.78 Å². The first-order valence-electron chi connectivity index (χ1n) is 8.31. The number of ether oxygens (including phenoxy) is 1.